The number of hydrogen-bond acceptors (Lipinski definition) is 4. The van der Waals surface area contributed by atoms with E-state index in [0.29, 0.717) is 36.9 Å². The summed E-state index contributed by atoms with van der Waals surface area (Å²) in [6, 6.07) is 3.77. The normalized spacial score (nSPS) is 15.7. The minimum atomic E-state index is -0.382. The van der Waals surface area contributed by atoms with Gasteiger partial charge in [-0.25, -0.2) is 0 Å². The van der Waals surface area contributed by atoms with Gasteiger partial charge in [-0.15, -0.1) is 0 Å². The molecule has 0 aliphatic carbocycles. The van der Waals surface area contributed by atoms with Crippen molar-refractivity contribution in [3.8, 4) is 17.2 Å². The predicted octanol–water partition coefficient (Wildman–Crippen LogP) is 1.39. The van der Waals surface area contributed by atoms with Gasteiger partial charge in [0.25, 0.3) is 0 Å². The second-order valence-electron chi connectivity index (χ2n) is 3.88. The highest BCUT2D eigenvalue weighted by molar-refractivity contribution is 5.54. The molecule has 0 saturated heterocycles. The summed E-state index contributed by atoms with van der Waals surface area (Å²) in [6.45, 7) is 2.84. The lowest BCUT2D eigenvalue weighted by atomic mass is 10.1. The van der Waals surface area contributed by atoms with E-state index in [2.05, 4.69) is 0 Å². The summed E-state index contributed by atoms with van der Waals surface area (Å²) in [4.78, 5) is 0. The lowest BCUT2D eigenvalue weighted by Gasteiger charge is -2.21. The van der Waals surface area contributed by atoms with Crippen molar-refractivity contribution >= 4 is 0 Å². The Kier molecular flexibility index (Phi) is 3.19. The van der Waals surface area contributed by atoms with Gasteiger partial charge in [-0.1, -0.05) is 0 Å². The van der Waals surface area contributed by atoms with Crippen LogP contribution in [0.25, 0.3) is 0 Å². The number of ether oxygens (including phenoxy) is 3. The summed E-state index contributed by atoms with van der Waals surface area (Å²) in [5.41, 5.74) is 0.983. The van der Waals surface area contributed by atoms with Crippen LogP contribution >= 0.6 is 0 Å². The number of rotatable bonds is 3. The van der Waals surface area contributed by atoms with Crippen molar-refractivity contribution < 1.29 is 19.3 Å². The molecule has 0 bridgehead atoms. The van der Waals surface area contributed by atoms with E-state index in [1.165, 1.54) is 0 Å². The Hall–Kier alpha value is -1.42. The quantitative estimate of drug-likeness (QED) is 0.842. The van der Waals surface area contributed by atoms with E-state index in [1.807, 2.05) is 12.1 Å². The van der Waals surface area contributed by atoms with Crippen LogP contribution in [-0.2, 0) is 6.42 Å². The van der Waals surface area contributed by atoms with Gasteiger partial charge in [-0.3, -0.25) is 0 Å². The maximum absolute atomic E-state index is 9.36. The second kappa shape index (κ2) is 4.61. The van der Waals surface area contributed by atoms with E-state index in [1.54, 1.807) is 14.0 Å². The number of fused-ring (bicyclic) bond motifs is 1. The molecule has 0 radical (unpaired) electrons. The predicted molar refractivity (Wildman–Crippen MR) is 59.4 cm³/mol. The van der Waals surface area contributed by atoms with Gasteiger partial charge in [-0.05, 0) is 31.0 Å². The van der Waals surface area contributed by atoms with Crippen LogP contribution in [0.1, 0.15) is 12.5 Å². The molecule has 88 valence electrons. The van der Waals surface area contributed by atoms with Gasteiger partial charge >= 0.3 is 0 Å². The number of aliphatic hydroxyl groups excluding tert-OH is 1. The van der Waals surface area contributed by atoms with Crippen molar-refractivity contribution in [1.82, 2.24) is 0 Å². The van der Waals surface area contributed by atoms with Crippen molar-refractivity contribution in [3.63, 3.8) is 0 Å². The van der Waals surface area contributed by atoms with Crippen molar-refractivity contribution in [2.24, 2.45) is 0 Å². The summed E-state index contributed by atoms with van der Waals surface area (Å²) in [5, 5.41) is 9.36. The van der Waals surface area contributed by atoms with Crippen molar-refractivity contribution in [1.29, 1.82) is 0 Å². The molecule has 0 saturated carbocycles. The second-order valence-corrected chi connectivity index (χ2v) is 3.88. The first kappa shape index (κ1) is 11.1. The van der Waals surface area contributed by atoms with Gasteiger partial charge in [0.1, 0.15) is 13.2 Å². The minimum Gasteiger partial charge on any atom is -0.493 e. The topological polar surface area (TPSA) is 47.9 Å². The van der Waals surface area contributed by atoms with Crippen LogP contribution in [-0.4, -0.2) is 31.5 Å². The van der Waals surface area contributed by atoms with Gasteiger partial charge in [0.05, 0.1) is 13.2 Å². The molecule has 1 aromatic carbocycles. The number of hydrogen-bond donors (Lipinski definition) is 1. The Morgan fingerprint density at radius 2 is 2.12 bits per heavy atom. The van der Waals surface area contributed by atoms with Crippen molar-refractivity contribution in [2.75, 3.05) is 20.3 Å². The van der Waals surface area contributed by atoms with Crippen LogP contribution in [0.5, 0.6) is 17.2 Å². The van der Waals surface area contributed by atoms with Crippen molar-refractivity contribution in [2.45, 2.75) is 19.4 Å². The van der Waals surface area contributed by atoms with Gasteiger partial charge in [0, 0.05) is 0 Å². The smallest absolute Gasteiger partial charge is 0.203 e. The molecule has 1 heterocycles. The Labute approximate surface area is 94.8 Å². The number of aliphatic hydroxyl groups is 1. The van der Waals surface area contributed by atoms with Crippen molar-refractivity contribution in [3.05, 3.63) is 17.7 Å². The molecule has 1 aromatic rings. The molecule has 4 nitrogen and oxygen atoms in total. The van der Waals surface area contributed by atoms with Crippen LogP contribution in [0.4, 0.5) is 0 Å². The molecule has 1 unspecified atom stereocenters. The zero-order valence-corrected chi connectivity index (χ0v) is 9.53. The van der Waals surface area contributed by atoms with E-state index in [4.69, 9.17) is 14.2 Å². The molecular weight excluding hydrogens is 208 g/mol. The summed E-state index contributed by atoms with van der Waals surface area (Å²) in [7, 11) is 1.60. The zero-order chi connectivity index (χ0) is 11.5. The first-order valence-corrected chi connectivity index (χ1v) is 5.35. The molecule has 1 N–H and O–H groups in total. The van der Waals surface area contributed by atoms with E-state index < -0.39 is 0 Å². The average molecular weight is 224 g/mol. The fourth-order valence-electron chi connectivity index (χ4n) is 1.79. The van der Waals surface area contributed by atoms with Gasteiger partial charge in [-0.2, -0.15) is 0 Å². The van der Waals surface area contributed by atoms with Crippen LogP contribution < -0.4 is 14.2 Å². The van der Waals surface area contributed by atoms with Crippen LogP contribution in [0.15, 0.2) is 12.1 Å². The Morgan fingerprint density at radius 3 is 2.81 bits per heavy atom. The molecule has 1 aliphatic heterocycles. The largest absolute Gasteiger partial charge is 0.493 e. The third-order valence-electron chi connectivity index (χ3n) is 2.42. The standard InChI is InChI=1S/C12H16O4/c1-8(13)5-9-6-10(14-2)12-11(7-9)15-3-4-16-12/h6-8,13H,3-5H2,1-2H3. The molecule has 4 heteroatoms. The van der Waals surface area contributed by atoms with Crippen LogP contribution in [0.2, 0.25) is 0 Å². The summed E-state index contributed by atoms with van der Waals surface area (Å²) < 4.78 is 16.2. The maximum Gasteiger partial charge on any atom is 0.203 e. The number of methoxy groups -OCH3 is 1. The van der Waals surface area contributed by atoms with E-state index in [0.717, 1.165) is 5.56 Å². The lowest BCUT2D eigenvalue weighted by molar-refractivity contribution is 0.164. The first-order chi connectivity index (χ1) is 7.70. The maximum atomic E-state index is 9.36. The molecule has 1 aliphatic rings. The molecular formula is C12H16O4. The van der Waals surface area contributed by atoms with E-state index in [9.17, 15) is 5.11 Å². The SMILES string of the molecule is COc1cc(CC(C)O)cc2c1OCCO2. The van der Waals surface area contributed by atoms with Gasteiger partial charge in [0.15, 0.2) is 11.5 Å². The van der Waals surface area contributed by atoms with Gasteiger partial charge in [0.2, 0.25) is 5.75 Å². The Bertz CT molecular complexity index is 356. The third-order valence-corrected chi connectivity index (χ3v) is 2.42. The van der Waals surface area contributed by atoms with E-state index in [-0.39, 0.29) is 6.10 Å². The van der Waals surface area contributed by atoms with E-state index >= 15 is 0 Å². The average Bonchev–Trinajstić information content (AvgIpc) is 2.27. The molecule has 16 heavy (non-hydrogen) atoms. The molecule has 0 spiro atoms. The molecule has 0 fully saturated rings. The monoisotopic (exact) mass is 224 g/mol. The molecule has 1 atom stereocenters. The Balaban J connectivity index is 2.35. The third kappa shape index (κ3) is 2.22. The molecule has 2 rings (SSSR count). The first-order valence-electron chi connectivity index (χ1n) is 5.35. The zero-order valence-electron chi connectivity index (χ0n) is 9.53. The van der Waals surface area contributed by atoms with Crippen LogP contribution in [0, 0.1) is 0 Å². The lowest BCUT2D eigenvalue weighted by Crippen LogP contribution is -2.16. The summed E-state index contributed by atoms with van der Waals surface area (Å²) in [6.07, 6.45) is 0.194. The molecule has 0 amide bonds. The highest BCUT2D eigenvalue weighted by Crippen LogP contribution is 2.40. The highest BCUT2D eigenvalue weighted by Gasteiger charge is 2.18. The minimum absolute atomic E-state index is 0.382. The fourth-order valence-corrected chi connectivity index (χ4v) is 1.79. The number of benzene rings is 1. The summed E-state index contributed by atoms with van der Waals surface area (Å²) >= 11 is 0. The summed E-state index contributed by atoms with van der Waals surface area (Å²) in [5.74, 6) is 2.01. The highest BCUT2D eigenvalue weighted by atomic mass is 16.6. The van der Waals surface area contributed by atoms with Gasteiger partial charge < -0.3 is 19.3 Å². The Morgan fingerprint density at radius 1 is 1.38 bits per heavy atom. The fraction of sp³-hybridized carbons (Fsp3) is 0.500. The molecule has 0 aromatic heterocycles. The van der Waals surface area contributed by atoms with Crippen LogP contribution in [0.3, 0.4) is 0 Å².